The van der Waals surface area contributed by atoms with Gasteiger partial charge in [0.15, 0.2) is 0 Å². The number of rotatable bonds is 3. The van der Waals surface area contributed by atoms with E-state index in [1.807, 2.05) is 0 Å². The van der Waals surface area contributed by atoms with Gasteiger partial charge < -0.3 is 14.9 Å². The highest BCUT2D eigenvalue weighted by Crippen LogP contribution is 2.25. The molecule has 0 saturated carbocycles. The van der Waals surface area contributed by atoms with E-state index in [1.54, 1.807) is 24.0 Å². The highest BCUT2D eigenvalue weighted by molar-refractivity contribution is 5.73. The van der Waals surface area contributed by atoms with Crippen molar-refractivity contribution in [1.82, 2.24) is 4.90 Å². The lowest BCUT2D eigenvalue weighted by Crippen LogP contribution is -2.33. The molecule has 114 valence electrons. The Morgan fingerprint density at radius 3 is 2.71 bits per heavy atom. The quantitative estimate of drug-likeness (QED) is 0.667. The number of aliphatic hydroxyl groups excluding tert-OH is 1. The number of hydrogen-bond acceptors (Lipinski definition) is 5. The number of nitro groups is 1. The molecule has 0 atom stereocenters. The normalized spacial score (nSPS) is 15.7. The Morgan fingerprint density at radius 1 is 1.33 bits per heavy atom. The first-order valence-corrected chi connectivity index (χ1v) is 6.91. The van der Waals surface area contributed by atoms with E-state index in [2.05, 4.69) is 4.90 Å². The van der Waals surface area contributed by atoms with Crippen LogP contribution in [0.25, 0.3) is 0 Å². The summed E-state index contributed by atoms with van der Waals surface area (Å²) in [4.78, 5) is 25.7. The predicted molar refractivity (Wildman–Crippen MR) is 78.1 cm³/mol. The van der Waals surface area contributed by atoms with Crippen LogP contribution in [0.2, 0.25) is 0 Å². The van der Waals surface area contributed by atoms with Crippen LogP contribution in [0.3, 0.4) is 0 Å². The SMILES string of the molecule is CC(=O)N1CCCN(c2ccc([N+](=O)[O-])c(CO)c2)CC1. The molecule has 21 heavy (non-hydrogen) atoms. The van der Waals surface area contributed by atoms with Crippen LogP contribution in [-0.2, 0) is 11.4 Å². The summed E-state index contributed by atoms with van der Waals surface area (Å²) in [6.45, 7) is 4.03. The molecular weight excluding hydrogens is 274 g/mol. The average molecular weight is 293 g/mol. The Morgan fingerprint density at radius 2 is 2.10 bits per heavy atom. The smallest absolute Gasteiger partial charge is 0.275 e. The van der Waals surface area contributed by atoms with E-state index in [1.165, 1.54) is 6.07 Å². The Kier molecular flexibility index (Phi) is 4.74. The number of nitrogens with zero attached hydrogens (tertiary/aromatic N) is 3. The molecule has 1 heterocycles. The zero-order chi connectivity index (χ0) is 15.4. The summed E-state index contributed by atoms with van der Waals surface area (Å²) >= 11 is 0. The van der Waals surface area contributed by atoms with Crippen molar-refractivity contribution >= 4 is 17.3 Å². The number of nitro benzene ring substituents is 1. The summed E-state index contributed by atoms with van der Waals surface area (Å²) in [5, 5.41) is 20.2. The van der Waals surface area contributed by atoms with Crippen molar-refractivity contribution in [3.05, 3.63) is 33.9 Å². The van der Waals surface area contributed by atoms with Crippen LogP contribution in [0.4, 0.5) is 11.4 Å². The molecule has 2 rings (SSSR count). The zero-order valence-corrected chi connectivity index (χ0v) is 12.0. The minimum atomic E-state index is -0.491. The Labute approximate surface area is 122 Å². The molecule has 0 aromatic heterocycles. The molecule has 1 amide bonds. The van der Waals surface area contributed by atoms with Gasteiger partial charge >= 0.3 is 0 Å². The van der Waals surface area contributed by atoms with Crippen LogP contribution in [0.5, 0.6) is 0 Å². The van der Waals surface area contributed by atoms with Crippen molar-refractivity contribution in [2.24, 2.45) is 0 Å². The highest BCUT2D eigenvalue weighted by Gasteiger charge is 2.19. The maximum Gasteiger partial charge on any atom is 0.275 e. The van der Waals surface area contributed by atoms with Gasteiger partial charge in [-0.3, -0.25) is 14.9 Å². The van der Waals surface area contributed by atoms with E-state index >= 15 is 0 Å². The van der Waals surface area contributed by atoms with Crippen LogP contribution < -0.4 is 4.90 Å². The van der Waals surface area contributed by atoms with E-state index < -0.39 is 4.92 Å². The molecule has 1 aliphatic rings. The van der Waals surface area contributed by atoms with Gasteiger partial charge in [-0.25, -0.2) is 0 Å². The number of carbonyl (C=O) groups excluding carboxylic acids is 1. The van der Waals surface area contributed by atoms with Crippen LogP contribution in [0.1, 0.15) is 18.9 Å². The minimum Gasteiger partial charge on any atom is -0.391 e. The molecule has 7 nitrogen and oxygen atoms in total. The van der Waals surface area contributed by atoms with E-state index in [0.29, 0.717) is 18.7 Å². The fourth-order valence-electron chi connectivity index (χ4n) is 2.56. The van der Waals surface area contributed by atoms with Crippen molar-refractivity contribution in [1.29, 1.82) is 0 Å². The molecule has 0 spiro atoms. The van der Waals surface area contributed by atoms with Crippen molar-refractivity contribution in [3.63, 3.8) is 0 Å². The first-order valence-electron chi connectivity index (χ1n) is 6.91. The van der Waals surface area contributed by atoms with Gasteiger partial charge in [0.1, 0.15) is 0 Å². The molecule has 0 unspecified atom stereocenters. The van der Waals surface area contributed by atoms with E-state index in [4.69, 9.17) is 0 Å². The van der Waals surface area contributed by atoms with Gasteiger partial charge in [0.05, 0.1) is 17.1 Å². The number of aliphatic hydroxyl groups is 1. The number of amides is 1. The molecular formula is C14H19N3O4. The lowest BCUT2D eigenvalue weighted by atomic mass is 10.1. The molecule has 1 saturated heterocycles. The van der Waals surface area contributed by atoms with Gasteiger partial charge in [-0.15, -0.1) is 0 Å². The molecule has 1 aromatic carbocycles. The van der Waals surface area contributed by atoms with Crippen LogP contribution in [0.15, 0.2) is 18.2 Å². The van der Waals surface area contributed by atoms with Crippen molar-refractivity contribution in [2.45, 2.75) is 20.0 Å². The number of anilines is 1. The summed E-state index contributed by atoms with van der Waals surface area (Å²) in [7, 11) is 0. The second-order valence-electron chi connectivity index (χ2n) is 5.07. The topological polar surface area (TPSA) is 86.9 Å². The number of hydrogen-bond donors (Lipinski definition) is 1. The molecule has 0 radical (unpaired) electrons. The fourth-order valence-corrected chi connectivity index (χ4v) is 2.56. The van der Waals surface area contributed by atoms with Gasteiger partial charge in [0, 0.05) is 44.9 Å². The Balaban J connectivity index is 2.18. The molecule has 0 bridgehead atoms. The maximum atomic E-state index is 11.4. The van der Waals surface area contributed by atoms with E-state index in [9.17, 15) is 20.0 Å². The fraction of sp³-hybridized carbons (Fsp3) is 0.500. The summed E-state index contributed by atoms with van der Waals surface area (Å²) in [6.07, 6.45) is 0.852. The van der Waals surface area contributed by atoms with Crippen LogP contribution in [-0.4, -0.2) is 47.0 Å². The van der Waals surface area contributed by atoms with Gasteiger partial charge in [-0.05, 0) is 18.6 Å². The second kappa shape index (κ2) is 6.53. The van der Waals surface area contributed by atoms with Gasteiger partial charge in [0.25, 0.3) is 5.69 Å². The largest absolute Gasteiger partial charge is 0.391 e. The van der Waals surface area contributed by atoms with Gasteiger partial charge in [0.2, 0.25) is 5.91 Å². The van der Waals surface area contributed by atoms with Gasteiger partial charge in [-0.1, -0.05) is 0 Å². The second-order valence-corrected chi connectivity index (χ2v) is 5.07. The minimum absolute atomic E-state index is 0.0663. The van der Waals surface area contributed by atoms with Gasteiger partial charge in [-0.2, -0.15) is 0 Å². The van der Waals surface area contributed by atoms with E-state index in [-0.39, 0.29) is 18.2 Å². The number of carbonyl (C=O) groups is 1. The van der Waals surface area contributed by atoms with Crippen molar-refractivity contribution in [2.75, 3.05) is 31.1 Å². The summed E-state index contributed by atoms with van der Waals surface area (Å²) < 4.78 is 0. The summed E-state index contributed by atoms with van der Waals surface area (Å²) in [5.74, 6) is 0.0663. The number of benzene rings is 1. The molecule has 1 aliphatic heterocycles. The Hall–Kier alpha value is -2.15. The van der Waals surface area contributed by atoms with Crippen LogP contribution >= 0.6 is 0 Å². The van der Waals surface area contributed by atoms with Crippen molar-refractivity contribution < 1.29 is 14.8 Å². The monoisotopic (exact) mass is 293 g/mol. The van der Waals surface area contributed by atoms with Crippen molar-refractivity contribution in [3.8, 4) is 0 Å². The van der Waals surface area contributed by atoms with Crippen LogP contribution in [0, 0.1) is 10.1 Å². The standard InChI is InChI=1S/C14H19N3O4/c1-11(19)15-5-2-6-16(8-7-15)13-3-4-14(17(20)21)12(9-13)10-18/h3-4,9,18H,2,5-8,10H2,1H3. The predicted octanol–water partition coefficient (Wildman–Crippen LogP) is 1.15. The lowest BCUT2D eigenvalue weighted by Gasteiger charge is -2.23. The third kappa shape index (κ3) is 3.49. The highest BCUT2D eigenvalue weighted by atomic mass is 16.6. The Bertz CT molecular complexity index is 547. The molecule has 1 N–H and O–H groups in total. The first-order chi connectivity index (χ1) is 10.0. The summed E-state index contributed by atoms with van der Waals surface area (Å²) in [6, 6.07) is 4.77. The summed E-state index contributed by atoms with van der Waals surface area (Å²) in [5.41, 5.74) is 1.08. The average Bonchev–Trinajstić information content (AvgIpc) is 2.72. The molecule has 0 aliphatic carbocycles. The molecule has 1 fully saturated rings. The third-order valence-corrected chi connectivity index (χ3v) is 3.74. The zero-order valence-electron chi connectivity index (χ0n) is 12.0. The first kappa shape index (κ1) is 15.2. The molecule has 7 heteroatoms. The molecule has 1 aromatic rings. The maximum absolute atomic E-state index is 11.4. The lowest BCUT2D eigenvalue weighted by molar-refractivity contribution is -0.385. The third-order valence-electron chi connectivity index (χ3n) is 3.74. The van der Waals surface area contributed by atoms with E-state index in [0.717, 1.165) is 25.2 Å².